The highest BCUT2D eigenvalue weighted by molar-refractivity contribution is 5.89. The van der Waals surface area contributed by atoms with Crippen LogP contribution in [0.3, 0.4) is 0 Å². The zero-order valence-corrected chi connectivity index (χ0v) is 16.7. The molecule has 0 amide bonds. The molecule has 0 aliphatic heterocycles. The molecule has 0 saturated heterocycles. The Hall–Kier alpha value is -1.92. The minimum Gasteiger partial charge on any atom is -0.369 e. The smallest absolute Gasteiger partial charge is 0.225 e. The highest BCUT2D eigenvalue weighted by Crippen LogP contribution is 2.28. The molecule has 1 aliphatic carbocycles. The lowest BCUT2D eigenvalue weighted by Gasteiger charge is -2.27. The van der Waals surface area contributed by atoms with Crippen molar-refractivity contribution in [3.63, 3.8) is 0 Å². The molecule has 27 heavy (non-hydrogen) atoms. The van der Waals surface area contributed by atoms with Crippen LogP contribution in [0.15, 0.2) is 24.3 Å². The molecule has 0 radical (unpaired) electrons. The highest BCUT2D eigenvalue weighted by atomic mass is 15.1. The van der Waals surface area contributed by atoms with Gasteiger partial charge in [0.1, 0.15) is 5.82 Å². The molecule has 1 fully saturated rings. The van der Waals surface area contributed by atoms with Crippen molar-refractivity contribution in [1.29, 1.82) is 0 Å². The van der Waals surface area contributed by atoms with Gasteiger partial charge in [-0.05, 0) is 83.3 Å². The van der Waals surface area contributed by atoms with Crippen LogP contribution in [0.1, 0.15) is 32.1 Å². The summed E-state index contributed by atoms with van der Waals surface area (Å²) in [6.07, 6.45) is 6.08. The Labute approximate surface area is 162 Å². The summed E-state index contributed by atoms with van der Waals surface area (Å²) in [6.45, 7) is 3.74. The first kappa shape index (κ1) is 19.8. The average Bonchev–Trinajstić information content (AvgIpc) is 2.69. The zero-order valence-electron chi connectivity index (χ0n) is 16.7. The van der Waals surface area contributed by atoms with Gasteiger partial charge in [-0.2, -0.15) is 4.98 Å². The van der Waals surface area contributed by atoms with Gasteiger partial charge in [0.05, 0.1) is 5.52 Å². The molecule has 6 heteroatoms. The molecular formula is C21H34N6. The molecule has 1 aromatic carbocycles. The average molecular weight is 371 g/mol. The maximum atomic E-state index is 5.80. The first-order valence-electron chi connectivity index (χ1n) is 10.2. The van der Waals surface area contributed by atoms with Crippen molar-refractivity contribution < 1.29 is 0 Å². The zero-order chi connectivity index (χ0) is 19.1. The fraction of sp³-hybridized carbons (Fsp3) is 0.619. The number of aromatic nitrogens is 2. The number of nitrogens with one attached hydrogen (secondary N) is 2. The predicted octanol–water partition coefficient (Wildman–Crippen LogP) is 3.17. The first-order chi connectivity index (χ1) is 13.2. The van der Waals surface area contributed by atoms with Crippen molar-refractivity contribution in [2.75, 3.05) is 50.9 Å². The molecule has 0 unspecified atom stereocenters. The molecular weight excluding hydrogens is 336 g/mol. The first-order valence-corrected chi connectivity index (χ1v) is 10.2. The van der Waals surface area contributed by atoms with Gasteiger partial charge in [0, 0.05) is 18.5 Å². The Morgan fingerprint density at radius 2 is 1.78 bits per heavy atom. The third-order valence-electron chi connectivity index (χ3n) is 5.53. The maximum Gasteiger partial charge on any atom is 0.225 e. The summed E-state index contributed by atoms with van der Waals surface area (Å²) >= 11 is 0. The fourth-order valence-corrected chi connectivity index (χ4v) is 3.80. The lowest BCUT2D eigenvalue weighted by molar-refractivity contribution is 0.289. The Kier molecular flexibility index (Phi) is 7.24. The van der Waals surface area contributed by atoms with E-state index in [4.69, 9.17) is 15.7 Å². The second-order valence-corrected chi connectivity index (χ2v) is 8.00. The molecule has 3 rings (SSSR count). The van der Waals surface area contributed by atoms with Gasteiger partial charge in [0.2, 0.25) is 5.95 Å². The summed E-state index contributed by atoms with van der Waals surface area (Å²) in [5, 5.41) is 8.07. The molecule has 148 valence electrons. The number of fused-ring (bicyclic) bond motifs is 1. The van der Waals surface area contributed by atoms with Crippen LogP contribution >= 0.6 is 0 Å². The van der Waals surface area contributed by atoms with E-state index in [-0.39, 0.29) is 0 Å². The van der Waals surface area contributed by atoms with Gasteiger partial charge in [-0.25, -0.2) is 4.98 Å². The van der Waals surface area contributed by atoms with Crippen LogP contribution in [0.4, 0.5) is 11.8 Å². The van der Waals surface area contributed by atoms with E-state index in [1.807, 2.05) is 12.1 Å². The van der Waals surface area contributed by atoms with E-state index >= 15 is 0 Å². The van der Waals surface area contributed by atoms with Gasteiger partial charge in [0.15, 0.2) is 0 Å². The minimum atomic E-state index is 0.694. The van der Waals surface area contributed by atoms with Crippen molar-refractivity contribution in [2.24, 2.45) is 17.6 Å². The molecule has 1 aliphatic rings. The van der Waals surface area contributed by atoms with Gasteiger partial charge in [-0.3, -0.25) is 0 Å². The number of nitrogens with two attached hydrogens (primary N) is 1. The number of benzene rings is 1. The molecule has 1 heterocycles. The number of anilines is 2. The Balaban J connectivity index is 1.63. The largest absolute Gasteiger partial charge is 0.369 e. The summed E-state index contributed by atoms with van der Waals surface area (Å²) < 4.78 is 0. The van der Waals surface area contributed by atoms with E-state index in [0.717, 1.165) is 61.2 Å². The molecule has 4 N–H and O–H groups in total. The van der Waals surface area contributed by atoms with Crippen LogP contribution < -0.4 is 16.4 Å². The number of para-hydroxylation sites is 1. The van der Waals surface area contributed by atoms with Crippen molar-refractivity contribution in [3.8, 4) is 0 Å². The Morgan fingerprint density at radius 1 is 1.04 bits per heavy atom. The number of hydrogen-bond donors (Lipinski definition) is 3. The third kappa shape index (κ3) is 5.78. The van der Waals surface area contributed by atoms with Gasteiger partial charge < -0.3 is 21.3 Å². The third-order valence-corrected chi connectivity index (χ3v) is 5.53. The van der Waals surface area contributed by atoms with Crippen molar-refractivity contribution in [2.45, 2.75) is 32.1 Å². The van der Waals surface area contributed by atoms with E-state index in [1.165, 1.54) is 25.7 Å². The fourth-order valence-electron chi connectivity index (χ4n) is 3.80. The number of rotatable bonds is 9. The van der Waals surface area contributed by atoms with Crippen LogP contribution in [-0.2, 0) is 0 Å². The lowest BCUT2D eigenvalue weighted by atomic mass is 9.82. The standard InChI is InChI=1S/C21H34N6/c1-27(2)13-5-12-23-20-18-6-3-4-7-19(18)25-21(26-20)24-15-17-10-8-16(14-22)9-11-17/h3-4,6-7,16-17H,5,8-15,22H2,1-2H3,(H2,23,24,25,26). The molecule has 1 aromatic heterocycles. The van der Waals surface area contributed by atoms with Crippen molar-refractivity contribution in [3.05, 3.63) is 24.3 Å². The van der Waals surface area contributed by atoms with Crippen molar-refractivity contribution >= 4 is 22.7 Å². The Morgan fingerprint density at radius 3 is 2.52 bits per heavy atom. The summed E-state index contributed by atoms with van der Waals surface area (Å²) in [7, 11) is 4.20. The van der Waals surface area contributed by atoms with E-state index < -0.39 is 0 Å². The highest BCUT2D eigenvalue weighted by Gasteiger charge is 2.20. The molecule has 0 atom stereocenters. The van der Waals surface area contributed by atoms with Gasteiger partial charge in [-0.15, -0.1) is 0 Å². The van der Waals surface area contributed by atoms with E-state index in [1.54, 1.807) is 0 Å². The van der Waals surface area contributed by atoms with Crippen molar-refractivity contribution in [1.82, 2.24) is 14.9 Å². The normalized spacial score (nSPS) is 20.1. The van der Waals surface area contributed by atoms with Crippen LogP contribution in [-0.4, -0.2) is 55.1 Å². The molecule has 1 saturated carbocycles. The van der Waals surface area contributed by atoms with Crippen LogP contribution in [0, 0.1) is 11.8 Å². The van der Waals surface area contributed by atoms with Gasteiger partial charge in [0.25, 0.3) is 0 Å². The molecule has 2 aromatic rings. The van der Waals surface area contributed by atoms with Gasteiger partial charge >= 0.3 is 0 Å². The Bertz CT molecular complexity index is 709. The van der Waals surface area contributed by atoms with E-state index in [9.17, 15) is 0 Å². The predicted molar refractivity (Wildman–Crippen MR) is 114 cm³/mol. The monoisotopic (exact) mass is 370 g/mol. The van der Waals surface area contributed by atoms with Crippen LogP contribution in [0.5, 0.6) is 0 Å². The van der Waals surface area contributed by atoms with Crippen LogP contribution in [0.25, 0.3) is 10.9 Å². The minimum absolute atomic E-state index is 0.694. The lowest BCUT2D eigenvalue weighted by Crippen LogP contribution is -2.25. The van der Waals surface area contributed by atoms with E-state index in [2.05, 4.69) is 41.8 Å². The maximum absolute atomic E-state index is 5.80. The SMILES string of the molecule is CN(C)CCCNc1nc(NCC2CCC(CN)CC2)nc2ccccc12. The number of nitrogens with zero attached hydrogens (tertiary/aromatic N) is 3. The number of hydrogen-bond acceptors (Lipinski definition) is 6. The second kappa shape index (κ2) is 9.85. The summed E-state index contributed by atoms with van der Waals surface area (Å²) in [6, 6.07) is 8.21. The van der Waals surface area contributed by atoms with Crippen LogP contribution in [0.2, 0.25) is 0 Å². The topological polar surface area (TPSA) is 79.1 Å². The summed E-state index contributed by atoms with van der Waals surface area (Å²) in [5.41, 5.74) is 6.79. The van der Waals surface area contributed by atoms with E-state index in [0.29, 0.717) is 5.92 Å². The van der Waals surface area contributed by atoms with Gasteiger partial charge in [-0.1, -0.05) is 12.1 Å². The molecule has 6 nitrogen and oxygen atoms in total. The molecule has 0 bridgehead atoms. The summed E-state index contributed by atoms with van der Waals surface area (Å²) in [4.78, 5) is 11.7. The second-order valence-electron chi connectivity index (χ2n) is 8.00. The summed E-state index contributed by atoms with van der Waals surface area (Å²) in [5.74, 6) is 3.06. The molecule has 0 spiro atoms. The quantitative estimate of drug-likeness (QED) is 0.589.